The molecule has 10 heteroatoms. The molecule has 1 saturated carbocycles. The summed E-state index contributed by atoms with van der Waals surface area (Å²) in [5.74, 6) is 0.595. The fourth-order valence-corrected chi connectivity index (χ4v) is 6.53. The van der Waals surface area contributed by atoms with Crippen molar-refractivity contribution in [2.45, 2.75) is 74.4 Å². The molecule has 4 aliphatic rings. The van der Waals surface area contributed by atoms with E-state index in [1.807, 2.05) is 11.8 Å². The molecule has 3 aliphatic heterocycles. The van der Waals surface area contributed by atoms with Crippen LogP contribution < -0.4 is 21.5 Å². The zero-order valence-electron chi connectivity index (χ0n) is 18.7. The number of aliphatic hydroxyl groups is 1. The van der Waals surface area contributed by atoms with Crippen LogP contribution in [0, 0.1) is 11.8 Å². The summed E-state index contributed by atoms with van der Waals surface area (Å²) in [6, 6.07) is -0.0893. The molecule has 31 heavy (non-hydrogen) atoms. The van der Waals surface area contributed by atoms with E-state index in [-0.39, 0.29) is 35.9 Å². The Hall–Kier alpha value is -0.910. The second kappa shape index (κ2) is 10.4. The number of carbonyl (C=O) groups is 2. The van der Waals surface area contributed by atoms with Gasteiger partial charge in [0.15, 0.2) is 0 Å². The van der Waals surface area contributed by atoms with Gasteiger partial charge in [-0.25, -0.2) is 10.9 Å². The van der Waals surface area contributed by atoms with Crippen molar-refractivity contribution in [1.29, 1.82) is 0 Å². The average molecular weight is 455 g/mol. The number of hydrogen-bond donors (Lipinski definition) is 5. The molecule has 3 heterocycles. The predicted molar refractivity (Wildman–Crippen MR) is 121 cm³/mol. The van der Waals surface area contributed by atoms with Crippen LogP contribution in [0.5, 0.6) is 0 Å². The maximum Gasteiger partial charge on any atom is 0.237 e. The molecule has 176 valence electrons. The molecule has 4 rings (SSSR count). The molecule has 0 aromatic rings. The molecule has 0 spiro atoms. The van der Waals surface area contributed by atoms with Gasteiger partial charge in [0.05, 0.1) is 18.8 Å². The van der Waals surface area contributed by atoms with Crippen molar-refractivity contribution < 1.29 is 14.7 Å². The Bertz CT molecular complexity index is 649. The van der Waals surface area contributed by atoms with Crippen molar-refractivity contribution in [3.05, 3.63) is 0 Å². The highest BCUT2D eigenvalue weighted by Gasteiger charge is 2.38. The lowest BCUT2D eigenvalue weighted by Crippen LogP contribution is -2.58. The smallest absolute Gasteiger partial charge is 0.237 e. The lowest BCUT2D eigenvalue weighted by Gasteiger charge is -2.40. The minimum Gasteiger partial charge on any atom is -0.389 e. The molecule has 0 bridgehead atoms. The SMILES string of the molecule is C[C@H](SC1NNCN1C)C1CCCC(NC(=O)C2CC(C(=O)N3CC(O)C3)CCN2)C1. The van der Waals surface area contributed by atoms with Crippen molar-refractivity contribution >= 4 is 23.6 Å². The number of β-amino-alcohol motifs (C(OH)–C–C–N with tert-alkyl or cyclic N) is 1. The number of piperidine rings is 1. The zero-order valence-corrected chi connectivity index (χ0v) is 19.5. The first-order chi connectivity index (χ1) is 14.9. The van der Waals surface area contributed by atoms with Gasteiger partial charge in [0.2, 0.25) is 11.8 Å². The lowest BCUT2D eigenvalue weighted by atomic mass is 9.83. The number of hydrazine groups is 1. The molecule has 5 unspecified atom stereocenters. The number of nitrogens with one attached hydrogen (secondary N) is 4. The Morgan fingerprint density at radius 3 is 2.71 bits per heavy atom. The summed E-state index contributed by atoms with van der Waals surface area (Å²) in [5, 5.41) is 16.6. The quantitative estimate of drug-likeness (QED) is 0.370. The monoisotopic (exact) mass is 454 g/mol. The van der Waals surface area contributed by atoms with Crippen molar-refractivity contribution in [2.24, 2.45) is 11.8 Å². The van der Waals surface area contributed by atoms with Crippen LogP contribution in [0.4, 0.5) is 0 Å². The summed E-state index contributed by atoms with van der Waals surface area (Å²) in [7, 11) is 2.11. The van der Waals surface area contributed by atoms with E-state index in [4.69, 9.17) is 0 Å². The van der Waals surface area contributed by atoms with Gasteiger partial charge in [0, 0.05) is 30.3 Å². The van der Waals surface area contributed by atoms with Crippen molar-refractivity contribution in [2.75, 3.05) is 33.4 Å². The molecule has 6 atom stereocenters. The van der Waals surface area contributed by atoms with E-state index in [0.717, 1.165) is 32.4 Å². The van der Waals surface area contributed by atoms with Gasteiger partial charge < -0.3 is 20.6 Å². The van der Waals surface area contributed by atoms with Crippen LogP contribution in [-0.4, -0.2) is 89.0 Å². The van der Waals surface area contributed by atoms with E-state index in [0.29, 0.717) is 42.7 Å². The number of thioether (sulfide) groups is 1. The van der Waals surface area contributed by atoms with E-state index in [1.54, 1.807) is 4.90 Å². The highest BCUT2D eigenvalue weighted by atomic mass is 32.2. The fraction of sp³-hybridized carbons (Fsp3) is 0.905. The summed E-state index contributed by atoms with van der Waals surface area (Å²) in [5.41, 5.74) is 6.78. The minimum absolute atomic E-state index is 0.0356. The van der Waals surface area contributed by atoms with Crippen molar-refractivity contribution in [3.63, 3.8) is 0 Å². The molecular formula is C21H38N6O3S. The van der Waals surface area contributed by atoms with Crippen LogP contribution in [0.2, 0.25) is 0 Å². The van der Waals surface area contributed by atoms with Crippen LogP contribution >= 0.6 is 11.8 Å². The average Bonchev–Trinajstić information content (AvgIpc) is 3.15. The van der Waals surface area contributed by atoms with E-state index in [2.05, 4.69) is 40.4 Å². The van der Waals surface area contributed by atoms with Gasteiger partial charge >= 0.3 is 0 Å². The topological polar surface area (TPSA) is 109 Å². The predicted octanol–water partition coefficient (Wildman–Crippen LogP) is -0.365. The first kappa shape index (κ1) is 23.3. The van der Waals surface area contributed by atoms with Crippen LogP contribution in [-0.2, 0) is 9.59 Å². The third-order valence-electron chi connectivity index (χ3n) is 7.27. The summed E-state index contributed by atoms with van der Waals surface area (Å²) in [4.78, 5) is 29.6. The largest absolute Gasteiger partial charge is 0.389 e. The maximum atomic E-state index is 13.0. The minimum atomic E-state index is -0.384. The first-order valence-corrected chi connectivity index (χ1v) is 12.7. The van der Waals surface area contributed by atoms with Crippen LogP contribution in [0.25, 0.3) is 0 Å². The molecule has 0 aromatic carbocycles. The normalized spacial score (nSPS) is 36.1. The highest BCUT2D eigenvalue weighted by Crippen LogP contribution is 2.35. The van der Waals surface area contributed by atoms with Gasteiger partial charge in [-0.3, -0.25) is 14.5 Å². The van der Waals surface area contributed by atoms with E-state index in [9.17, 15) is 14.7 Å². The third kappa shape index (κ3) is 5.72. The molecule has 0 aromatic heterocycles. The molecular weight excluding hydrogens is 416 g/mol. The number of carbonyl (C=O) groups excluding carboxylic acids is 2. The molecule has 5 N–H and O–H groups in total. The summed E-state index contributed by atoms with van der Waals surface area (Å²) in [6.07, 6.45) is 5.33. The van der Waals surface area contributed by atoms with Crippen molar-refractivity contribution in [1.82, 2.24) is 31.3 Å². The maximum absolute atomic E-state index is 13.0. The first-order valence-electron chi connectivity index (χ1n) is 11.8. The van der Waals surface area contributed by atoms with Gasteiger partial charge in [0.25, 0.3) is 0 Å². The summed E-state index contributed by atoms with van der Waals surface area (Å²) >= 11 is 1.95. The number of amides is 2. The summed E-state index contributed by atoms with van der Waals surface area (Å²) in [6.45, 7) is 4.70. The number of rotatable bonds is 6. The molecule has 9 nitrogen and oxygen atoms in total. The Kier molecular flexibility index (Phi) is 7.77. The molecule has 0 radical (unpaired) electrons. The molecule has 4 fully saturated rings. The van der Waals surface area contributed by atoms with Gasteiger partial charge in [-0.2, -0.15) is 0 Å². The Morgan fingerprint density at radius 2 is 2.00 bits per heavy atom. The highest BCUT2D eigenvalue weighted by molar-refractivity contribution is 8.00. The van der Waals surface area contributed by atoms with Gasteiger partial charge in [-0.15, -0.1) is 11.8 Å². The number of nitrogens with zero attached hydrogens (tertiary/aromatic N) is 2. The van der Waals surface area contributed by atoms with E-state index < -0.39 is 0 Å². The molecule has 1 aliphatic carbocycles. The second-order valence-corrected chi connectivity index (χ2v) is 11.1. The van der Waals surface area contributed by atoms with Crippen molar-refractivity contribution in [3.8, 4) is 0 Å². The second-order valence-electron chi connectivity index (χ2n) is 9.69. The number of aliphatic hydroxyl groups excluding tert-OH is 1. The van der Waals surface area contributed by atoms with Crippen LogP contribution in [0.1, 0.15) is 45.4 Å². The third-order valence-corrected chi connectivity index (χ3v) is 8.82. The van der Waals surface area contributed by atoms with Crippen LogP contribution in [0.15, 0.2) is 0 Å². The van der Waals surface area contributed by atoms with E-state index in [1.165, 1.54) is 6.42 Å². The zero-order chi connectivity index (χ0) is 22.0. The standard InChI is InChI=1S/C21H38N6O3S/c1-13(31-21-25-23-12-26(21)2)14-4-3-5-16(8-14)24-19(29)18-9-15(6-7-22-18)20(30)27-10-17(28)11-27/h13-18,21-23,25,28H,3-12H2,1-2H3,(H,24,29)/t13-,14?,15?,16?,18?,21?/m0/s1. The van der Waals surface area contributed by atoms with Crippen LogP contribution in [0.3, 0.4) is 0 Å². The summed E-state index contributed by atoms with van der Waals surface area (Å²) < 4.78 is 0. The van der Waals surface area contributed by atoms with Gasteiger partial charge in [-0.05, 0) is 51.6 Å². The fourth-order valence-electron chi connectivity index (χ4n) is 5.22. The molecule has 2 amide bonds. The van der Waals surface area contributed by atoms with Gasteiger partial charge in [0.1, 0.15) is 5.50 Å². The van der Waals surface area contributed by atoms with E-state index >= 15 is 0 Å². The Labute approximate surface area is 189 Å². The Balaban J connectivity index is 1.24. The molecule has 3 saturated heterocycles. The number of likely N-dealkylation sites (tertiary alicyclic amines) is 1. The lowest BCUT2D eigenvalue weighted by molar-refractivity contribution is -0.147. The number of hydrogen-bond acceptors (Lipinski definition) is 8. The van der Waals surface area contributed by atoms with Gasteiger partial charge in [-0.1, -0.05) is 13.3 Å². The Morgan fingerprint density at radius 1 is 1.19 bits per heavy atom.